The summed E-state index contributed by atoms with van der Waals surface area (Å²) in [5.74, 6) is 0. The van der Waals surface area contributed by atoms with Crippen LogP contribution in [0.2, 0.25) is 5.28 Å². The van der Waals surface area contributed by atoms with Crippen LogP contribution in [0.4, 0.5) is 0 Å². The van der Waals surface area contributed by atoms with Crippen molar-refractivity contribution in [3.63, 3.8) is 0 Å². The maximum Gasteiger partial charge on any atom is 0.222 e. The van der Waals surface area contributed by atoms with E-state index in [1.807, 2.05) is 6.07 Å². The molecular formula is C10H16Cl2N4. The normalized spacial score (nSPS) is 20.2. The van der Waals surface area contributed by atoms with E-state index >= 15 is 0 Å². The molecule has 6 heteroatoms. The summed E-state index contributed by atoms with van der Waals surface area (Å²) in [6.45, 7) is 2.94. The zero-order valence-corrected chi connectivity index (χ0v) is 10.5. The Hall–Kier alpha value is -0.420. The summed E-state index contributed by atoms with van der Waals surface area (Å²) < 4.78 is 0. The van der Waals surface area contributed by atoms with Gasteiger partial charge in [0.1, 0.15) is 0 Å². The van der Waals surface area contributed by atoms with Crippen molar-refractivity contribution in [2.45, 2.75) is 25.4 Å². The Morgan fingerprint density at radius 3 is 3.12 bits per heavy atom. The minimum atomic E-state index is 0. The van der Waals surface area contributed by atoms with Gasteiger partial charge in [-0.2, -0.15) is 0 Å². The molecule has 1 atom stereocenters. The lowest BCUT2D eigenvalue weighted by atomic mass is 10.1. The quantitative estimate of drug-likeness (QED) is 0.809. The first-order valence-corrected chi connectivity index (χ1v) is 5.64. The lowest BCUT2D eigenvalue weighted by molar-refractivity contribution is 0.387. The van der Waals surface area contributed by atoms with Crippen LogP contribution in [0, 0.1) is 0 Å². The Morgan fingerprint density at radius 2 is 2.44 bits per heavy atom. The first-order valence-electron chi connectivity index (χ1n) is 5.26. The zero-order valence-electron chi connectivity index (χ0n) is 8.95. The van der Waals surface area contributed by atoms with E-state index in [0.717, 1.165) is 25.3 Å². The Bertz CT molecular complexity index is 315. The Balaban J connectivity index is 0.00000128. The van der Waals surface area contributed by atoms with E-state index in [4.69, 9.17) is 11.6 Å². The number of rotatable bonds is 3. The predicted octanol–water partition coefficient (Wildman–Crippen LogP) is 1.39. The highest BCUT2D eigenvalue weighted by Gasteiger charge is 2.11. The minimum absolute atomic E-state index is 0. The molecule has 1 aliphatic rings. The fourth-order valence-corrected chi connectivity index (χ4v) is 1.91. The van der Waals surface area contributed by atoms with Crippen LogP contribution in [0.5, 0.6) is 0 Å². The molecule has 1 aliphatic heterocycles. The van der Waals surface area contributed by atoms with E-state index in [1.165, 1.54) is 12.8 Å². The van der Waals surface area contributed by atoms with Gasteiger partial charge in [0.05, 0.1) is 5.69 Å². The van der Waals surface area contributed by atoms with Gasteiger partial charge in [-0.3, -0.25) is 0 Å². The fourth-order valence-electron chi connectivity index (χ4n) is 1.74. The average Bonchev–Trinajstić information content (AvgIpc) is 2.28. The zero-order chi connectivity index (χ0) is 10.5. The van der Waals surface area contributed by atoms with Crippen molar-refractivity contribution in [2.24, 2.45) is 0 Å². The van der Waals surface area contributed by atoms with E-state index in [9.17, 15) is 0 Å². The first kappa shape index (κ1) is 13.6. The van der Waals surface area contributed by atoms with Crippen molar-refractivity contribution in [1.82, 2.24) is 20.6 Å². The van der Waals surface area contributed by atoms with Gasteiger partial charge in [0.2, 0.25) is 5.28 Å². The summed E-state index contributed by atoms with van der Waals surface area (Å²) >= 11 is 5.70. The second-order valence-electron chi connectivity index (χ2n) is 3.74. The van der Waals surface area contributed by atoms with Gasteiger partial charge >= 0.3 is 0 Å². The number of hydrogen-bond donors (Lipinski definition) is 2. The number of hydrogen-bond acceptors (Lipinski definition) is 4. The maximum absolute atomic E-state index is 5.70. The minimum Gasteiger partial charge on any atom is -0.315 e. The van der Waals surface area contributed by atoms with Crippen LogP contribution in [0.15, 0.2) is 12.3 Å². The van der Waals surface area contributed by atoms with E-state index < -0.39 is 0 Å². The molecule has 1 saturated heterocycles. The molecule has 1 aromatic rings. The van der Waals surface area contributed by atoms with Crippen LogP contribution in [-0.4, -0.2) is 29.1 Å². The average molecular weight is 263 g/mol. The molecule has 0 radical (unpaired) electrons. The van der Waals surface area contributed by atoms with E-state index in [-0.39, 0.29) is 12.4 Å². The molecule has 0 aliphatic carbocycles. The smallest absolute Gasteiger partial charge is 0.222 e. The number of aromatic nitrogens is 2. The first-order chi connectivity index (χ1) is 7.34. The predicted molar refractivity (Wildman–Crippen MR) is 67.0 cm³/mol. The molecule has 2 heterocycles. The topological polar surface area (TPSA) is 49.8 Å². The molecule has 0 saturated carbocycles. The van der Waals surface area contributed by atoms with Crippen LogP contribution in [-0.2, 0) is 6.54 Å². The fraction of sp³-hybridized carbons (Fsp3) is 0.600. The number of piperidine rings is 1. The maximum atomic E-state index is 5.70. The van der Waals surface area contributed by atoms with Crippen molar-refractivity contribution in [3.8, 4) is 0 Å². The van der Waals surface area contributed by atoms with E-state index in [2.05, 4.69) is 20.6 Å². The molecule has 90 valence electrons. The van der Waals surface area contributed by atoms with Crippen LogP contribution in [0.1, 0.15) is 18.5 Å². The second-order valence-corrected chi connectivity index (χ2v) is 4.08. The number of nitrogens with one attached hydrogen (secondary N) is 2. The van der Waals surface area contributed by atoms with Gasteiger partial charge in [0, 0.05) is 25.3 Å². The monoisotopic (exact) mass is 262 g/mol. The van der Waals surface area contributed by atoms with Crippen LogP contribution < -0.4 is 10.6 Å². The summed E-state index contributed by atoms with van der Waals surface area (Å²) in [4.78, 5) is 7.98. The molecule has 4 nitrogen and oxygen atoms in total. The van der Waals surface area contributed by atoms with Crippen molar-refractivity contribution >= 4 is 24.0 Å². The lowest BCUT2D eigenvalue weighted by Crippen LogP contribution is -2.42. The van der Waals surface area contributed by atoms with Gasteiger partial charge in [0.15, 0.2) is 0 Å². The number of nitrogens with zero attached hydrogens (tertiary/aromatic N) is 2. The summed E-state index contributed by atoms with van der Waals surface area (Å²) in [6, 6.07) is 2.43. The largest absolute Gasteiger partial charge is 0.315 e. The third-order valence-electron chi connectivity index (χ3n) is 2.55. The Morgan fingerprint density at radius 1 is 1.56 bits per heavy atom. The van der Waals surface area contributed by atoms with Gasteiger partial charge in [-0.1, -0.05) is 0 Å². The molecule has 1 aromatic heterocycles. The van der Waals surface area contributed by atoms with Crippen molar-refractivity contribution in [1.29, 1.82) is 0 Å². The highest BCUT2D eigenvalue weighted by Crippen LogP contribution is 2.04. The van der Waals surface area contributed by atoms with Crippen LogP contribution in [0.3, 0.4) is 0 Å². The third-order valence-corrected chi connectivity index (χ3v) is 2.73. The number of halogens is 2. The molecule has 2 N–H and O–H groups in total. The molecule has 1 fully saturated rings. The SMILES string of the molecule is Cl.Clc1nccc(CNC2CCCNC2)n1. The van der Waals surface area contributed by atoms with Crippen molar-refractivity contribution in [3.05, 3.63) is 23.2 Å². The van der Waals surface area contributed by atoms with Gasteiger partial charge < -0.3 is 10.6 Å². The summed E-state index contributed by atoms with van der Waals surface area (Å²) in [6.07, 6.45) is 4.15. The molecule has 2 rings (SSSR count). The van der Waals surface area contributed by atoms with Crippen LogP contribution in [0.25, 0.3) is 0 Å². The van der Waals surface area contributed by atoms with Crippen molar-refractivity contribution < 1.29 is 0 Å². The highest BCUT2D eigenvalue weighted by molar-refractivity contribution is 6.28. The van der Waals surface area contributed by atoms with E-state index in [1.54, 1.807) is 6.20 Å². The molecule has 16 heavy (non-hydrogen) atoms. The third kappa shape index (κ3) is 4.22. The molecule has 0 bridgehead atoms. The van der Waals surface area contributed by atoms with Crippen molar-refractivity contribution in [2.75, 3.05) is 13.1 Å². The Kier molecular flexibility index (Phi) is 5.98. The molecule has 0 spiro atoms. The second kappa shape index (κ2) is 7.01. The molecule has 0 aromatic carbocycles. The lowest BCUT2D eigenvalue weighted by Gasteiger charge is -2.23. The van der Waals surface area contributed by atoms with E-state index in [0.29, 0.717) is 11.3 Å². The van der Waals surface area contributed by atoms with Gasteiger partial charge in [-0.05, 0) is 37.1 Å². The standard InChI is InChI=1S/C10H15ClN4.ClH/c11-10-13-5-3-9(15-10)7-14-8-2-1-4-12-6-8;/h3,5,8,12,14H,1-2,4,6-7H2;1H. The molecule has 0 amide bonds. The molecule has 1 unspecified atom stereocenters. The summed E-state index contributed by atoms with van der Waals surface area (Å²) in [5, 5.41) is 7.13. The van der Waals surface area contributed by atoms with Crippen LogP contribution >= 0.6 is 24.0 Å². The molecular weight excluding hydrogens is 247 g/mol. The van der Waals surface area contributed by atoms with Gasteiger partial charge in [0.25, 0.3) is 0 Å². The summed E-state index contributed by atoms with van der Waals surface area (Å²) in [7, 11) is 0. The Labute approximate surface area is 107 Å². The summed E-state index contributed by atoms with van der Waals surface area (Å²) in [5.41, 5.74) is 0.945. The van der Waals surface area contributed by atoms with Gasteiger partial charge in [-0.15, -0.1) is 12.4 Å². The van der Waals surface area contributed by atoms with Gasteiger partial charge in [-0.25, -0.2) is 9.97 Å². The highest BCUT2D eigenvalue weighted by atomic mass is 35.5.